The molecular formula is C23H22F2N8. The van der Waals surface area contributed by atoms with Gasteiger partial charge in [0.05, 0.1) is 6.20 Å². The Labute approximate surface area is 189 Å². The highest BCUT2D eigenvalue weighted by Gasteiger charge is 2.48. The summed E-state index contributed by atoms with van der Waals surface area (Å²) in [5.41, 5.74) is 0.874. The number of imidazole rings is 1. The van der Waals surface area contributed by atoms with Crippen molar-refractivity contribution >= 4 is 5.82 Å². The molecular weight excluding hydrogens is 426 g/mol. The van der Waals surface area contributed by atoms with Crippen LogP contribution in [0.4, 0.5) is 14.6 Å². The third-order valence-electron chi connectivity index (χ3n) is 6.78. The molecule has 0 aliphatic carbocycles. The van der Waals surface area contributed by atoms with Gasteiger partial charge in [-0.2, -0.15) is 4.98 Å². The Bertz CT molecular complexity index is 1360. The highest BCUT2D eigenvalue weighted by Crippen LogP contribution is 2.48. The van der Waals surface area contributed by atoms with Gasteiger partial charge >= 0.3 is 0 Å². The van der Waals surface area contributed by atoms with Crippen LogP contribution in [0.3, 0.4) is 0 Å². The van der Waals surface area contributed by atoms with E-state index >= 15 is 0 Å². The van der Waals surface area contributed by atoms with Crippen LogP contribution in [0.25, 0.3) is 23.0 Å². The van der Waals surface area contributed by atoms with Crippen LogP contribution in [0, 0.1) is 18.6 Å². The van der Waals surface area contributed by atoms with Gasteiger partial charge in [0.15, 0.2) is 11.6 Å². The van der Waals surface area contributed by atoms with Crippen molar-refractivity contribution in [2.45, 2.75) is 45.1 Å². The van der Waals surface area contributed by atoms with E-state index in [1.165, 1.54) is 12.1 Å². The molecule has 2 aliphatic heterocycles. The first kappa shape index (κ1) is 20.0. The largest absolute Gasteiger partial charge is 0.342 e. The van der Waals surface area contributed by atoms with E-state index < -0.39 is 11.6 Å². The van der Waals surface area contributed by atoms with Crippen LogP contribution in [0.15, 0.2) is 36.8 Å². The molecule has 3 aromatic heterocycles. The first-order valence-corrected chi connectivity index (χ1v) is 11.1. The maximum absolute atomic E-state index is 13.9. The molecule has 33 heavy (non-hydrogen) atoms. The highest BCUT2D eigenvalue weighted by atomic mass is 19.1. The molecule has 0 radical (unpaired) electrons. The minimum Gasteiger partial charge on any atom is -0.342 e. The van der Waals surface area contributed by atoms with Crippen LogP contribution >= 0.6 is 0 Å². The van der Waals surface area contributed by atoms with E-state index in [9.17, 15) is 8.78 Å². The summed E-state index contributed by atoms with van der Waals surface area (Å²) >= 11 is 0. The van der Waals surface area contributed by atoms with Gasteiger partial charge in [0.1, 0.15) is 34.5 Å². The molecule has 1 fully saturated rings. The zero-order valence-corrected chi connectivity index (χ0v) is 18.3. The maximum atomic E-state index is 13.9. The van der Waals surface area contributed by atoms with Gasteiger partial charge in [-0.05, 0) is 44.7 Å². The van der Waals surface area contributed by atoms with E-state index in [1.54, 1.807) is 23.2 Å². The molecule has 8 nitrogen and oxygen atoms in total. The lowest BCUT2D eigenvalue weighted by atomic mass is 9.82. The Kier molecular flexibility index (Phi) is 4.33. The summed E-state index contributed by atoms with van der Waals surface area (Å²) in [4.78, 5) is 16.2. The molecule has 6 rings (SSSR count). The number of hydrogen-bond acceptors (Lipinski definition) is 6. The molecule has 0 saturated carbocycles. The summed E-state index contributed by atoms with van der Waals surface area (Å²) in [6, 6.07) is 3.34. The minimum atomic E-state index is -0.664. The predicted octanol–water partition coefficient (Wildman–Crippen LogP) is 4.11. The number of rotatable bonds is 3. The molecule has 4 aromatic rings. The summed E-state index contributed by atoms with van der Waals surface area (Å²) in [7, 11) is 0. The lowest BCUT2D eigenvalue weighted by Gasteiger charge is -2.49. The summed E-state index contributed by atoms with van der Waals surface area (Å²) in [5.74, 6) is 1.96. The molecule has 2 aliphatic rings. The molecule has 0 bridgehead atoms. The van der Waals surface area contributed by atoms with Crippen molar-refractivity contribution in [2.24, 2.45) is 0 Å². The molecule has 168 valence electrons. The van der Waals surface area contributed by atoms with E-state index in [4.69, 9.17) is 4.98 Å². The summed E-state index contributed by atoms with van der Waals surface area (Å²) in [6.45, 7) is 4.96. The van der Waals surface area contributed by atoms with E-state index in [2.05, 4.69) is 36.6 Å². The first-order valence-electron chi connectivity index (χ1n) is 11.1. The minimum absolute atomic E-state index is 0.276. The maximum Gasteiger partial charge on any atom is 0.237 e. The van der Waals surface area contributed by atoms with Crippen LogP contribution in [0.5, 0.6) is 0 Å². The Hall–Kier alpha value is -3.69. The average molecular weight is 448 g/mol. The third-order valence-corrected chi connectivity index (χ3v) is 6.78. The van der Waals surface area contributed by atoms with E-state index in [-0.39, 0.29) is 5.54 Å². The lowest BCUT2D eigenvalue weighted by molar-refractivity contribution is 0.274. The topological polar surface area (TPSA) is 77.5 Å². The van der Waals surface area contributed by atoms with E-state index in [1.807, 2.05) is 6.92 Å². The van der Waals surface area contributed by atoms with Crippen molar-refractivity contribution in [3.8, 4) is 23.0 Å². The number of hydrogen-bond donors (Lipinski definition) is 0. The number of anilines is 1. The lowest BCUT2D eigenvalue weighted by Crippen LogP contribution is -2.54. The zero-order chi connectivity index (χ0) is 22.7. The Balaban J connectivity index is 1.54. The van der Waals surface area contributed by atoms with E-state index in [0.29, 0.717) is 17.3 Å². The second kappa shape index (κ2) is 7.16. The number of fused-ring (bicyclic) bond motifs is 6. The van der Waals surface area contributed by atoms with Crippen LogP contribution < -0.4 is 4.90 Å². The quantitative estimate of drug-likeness (QED) is 0.470. The van der Waals surface area contributed by atoms with Gasteiger partial charge in [0.25, 0.3) is 0 Å². The van der Waals surface area contributed by atoms with Crippen LogP contribution in [-0.4, -0.2) is 40.8 Å². The van der Waals surface area contributed by atoms with Gasteiger partial charge in [-0.15, -0.1) is 10.2 Å². The van der Waals surface area contributed by atoms with E-state index in [0.717, 1.165) is 61.4 Å². The van der Waals surface area contributed by atoms with Gasteiger partial charge in [-0.1, -0.05) is 6.92 Å². The number of aryl methyl sites for hydroxylation is 1. The third kappa shape index (κ3) is 2.82. The highest BCUT2D eigenvalue weighted by molar-refractivity contribution is 5.65. The molecule has 1 saturated heterocycles. The van der Waals surface area contributed by atoms with Crippen LogP contribution in [0.2, 0.25) is 0 Å². The van der Waals surface area contributed by atoms with Crippen molar-refractivity contribution in [1.29, 1.82) is 0 Å². The predicted molar refractivity (Wildman–Crippen MR) is 117 cm³/mol. The first-order chi connectivity index (χ1) is 16.0. The number of piperidine rings is 1. The Morgan fingerprint density at radius 2 is 1.88 bits per heavy atom. The smallest absolute Gasteiger partial charge is 0.237 e. The average Bonchev–Trinajstić information content (AvgIpc) is 3.46. The molecule has 0 spiro atoms. The van der Waals surface area contributed by atoms with Gasteiger partial charge in [0.2, 0.25) is 5.95 Å². The summed E-state index contributed by atoms with van der Waals surface area (Å²) in [5, 5.41) is 8.92. The number of nitrogens with zero attached hydrogens (tertiary/aromatic N) is 8. The number of halogens is 2. The molecule has 5 heterocycles. The van der Waals surface area contributed by atoms with Crippen molar-refractivity contribution in [3.63, 3.8) is 0 Å². The summed E-state index contributed by atoms with van der Waals surface area (Å²) < 4.78 is 31.4. The number of aromatic nitrogens is 7. The second-order valence-corrected chi connectivity index (χ2v) is 8.56. The van der Waals surface area contributed by atoms with Gasteiger partial charge in [-0.25, -0.2) is 18.7 Å². The van der Waals surface area contributed by atoms with Gasteiger partial charge < -0.3 is 4.90 Å². The van der Waals surface area contributed by atoms with Crippen molar-refractivity contribution in [1.82, 2.24) is 34.3 Å². The fraction of sp³-hybridized carbons (Fsp3) is 0.348. The van der Waals surface area contributed by atoms with Crippen LogP contribution in [0.1, 0.15) is 44.3 Å². The monoisotopic (exact) mass is 448 g/mol. The molecule has 10 heteroatoms. The fourth-order valence-electron chi connectivity index (χ4n) is 5.25. The fourth-order valence-corrected chi connectivity index (χ4v) is 5.25. The normalized spacial score (nSPS) is 19.2. The summed E-state index contributed by atoms with van der Waals surface area (Å²) in [6.07, 6.45) is 9.05. The van der Waals surface area contributed by atoms with Gasteiger partial charge in [-0.3, -0.25) is 9.13 Å². The zero-order valence-electron chi connectivity index (χ0n) is 18.3. The molecule has 0 amide bonds. The Morgan fingerprint density at radius 3 is 2.67 bits per heavy atom. The molecule has 1 atom stereocenters. The van der Waals surface area contributed by atoms with Gasteiger partial charge in [0, 0.05) is 30.6 Å². The van der Waals surface area contributed by atoms with Crippen molar-refractivity contribution in [2.75, 3.05) is 11.4 Å². The van der Waals surface area contributed by atoms with Crippen LogP contribution in [-0.2, 0) is 5.54 Å². The standard InChI is InChI=1S/C23H22F2N8/c1-3-23-6-4-5-8-32(23)20-18(33-14(2)29-30-21(23)33)13-27-22(28-20)31-9-7-26-19(31)15-10-16(24)12-17(25)11-15/h7,9-13H,3-6,8H2,1-2H3/t23-/m1/s1. The number of benzene rings is 1. The SMILES string of the molecule is CC[C@]12CCCCN1c1nc(-n3ccnc3-c3cc(F)cc(F)c3)ncc1-n1c(C)nnc12. The molecule has 0 N–H and O–H groups in total. The van der Waals surface area contributed by atoms with Crippen molar-refractivity contribution < 1.29 is 8.78 Å². The van der Waals surface area contributed by atoms with Crippen molar-refractivity contribution in [3.05, 3.63) is 60.1 Å². The molecule has 1 aromatic carbocycles. The molecule has 0 unspecified atom stereocenters. The Morgan fingerprint density at radius 1 is 1.06 bits per heavy atom. The second-order valence-electron chi connectivity index (χ2n) is 8.56.